The lowest BCUT2D eigenvalue weighted by molar-refractivity contribution is 0.235. The van der Waals surface area contributed by atoms with Gasteiger partial charge in [0.25, 0.3) is 0 Å². The van der Waals surface area contributed by atoms with Crippen molar-refractivity contribution in [3.63, 3.8) is 0 Å². The quantitative estimate of drug-likeness (QED) is 0.754. The number of likely N-dealkylation sites (N-methyl/N-ethyl adjacent to an activating group) is 1. The molecule has 0 aliphatic rings. The number of thiophene rings is 1. The van der Waals surface area contributed by atoms with E-state index in [1.54, 1.807) is 0 Å². The molecule has 0 atom stereocenters. The molecule has 1 aromatic heterocycles. The lowest BCUT2D eigenvalue weighted by Crippen LogP contribution is -2.34. The fourth-order valence-electron chi connectivity index (χ4n) is 2.10. The standard InChI is InChI=1S/C17H33N3S/c1-7-10-20(12-11-19(5)6)14-16-9-8-15(21-16)13-18-17(2,3)4/h8-9,18H,7,10-14H2,1-6H3. The third kappa shape index (κ3) is 8.57. The number of hydrogen-bond acceptors (Lipinski definition) is 4. The molecule has 21 heavy (non-hydrogen) atoms. The van der Waals surface area contributed by atoms with Crippen LogP contribution in [0.2, 0.25) is 0 Å². The molecule has 0 aliphatic carbocycles. The Morgan fingerprint density at radius 2 is 1.71 bits per heavy atom. The molecule has 1 aromatic rings. The van der Waals surface area contributed by atoms with Crippen LogP contribution in [0.25, 0.3) is 0 Å². The summed E-state index contributed by atoms with van der Waals surface area (Å²) in [7, 11) is 4.29. The Morgan fingerprint density at radius 1 is 1.05 bits per heavy atom. The Balaban J connectivity index is 2.49. The average molecular weight is 312 g/mol. The van der Waals surface area contributed by atoms with Crippen LogP contribution in [0.3, 0.4) is 0 Å². The molecule has 0 spiro atoms. The van der Waals surface area contributed by atoms with Crippen LogP contribution >= 0.6 is 11.3 Å². The molecule has 0 saturated carbocycles. The summed E-state index contributed by atoms with van der Waals surface area (Å²) < 4.78 is 0. The summed E-state index contributed by atoms with van der Waals surface area (Å²) in [6.07, 6.45) is 1.22. The largest absolute Gasteiger partial charge is 0.308 e. The van der Waals surface area contributed by atoms with Crippen LogP contribution in [0.15, 0.2) is 12.1 Å². The lowest BCUT2D eigenvalue weighted by atomic mass is 10.1. The fraction of sp³-hybridized carbons (Fsp3) is 0.765. The number of hydrogen-bond donors (Lipinski definition) is 1. The molecule has 0 aromatic carbocycles. The van der Waals surface area contributed by atoms with E-state index in [4.69, 9.17) is 0 Å². The van der Waals surface area contributed by atoms with Gasteiger partial charge in [0.05, 0.1) is 0 Å². The third-order valence-corrected chi connectivity index (χ3v) is 4.36. The summed E-state index contributed by atoms with van der Waals surface area (Å²) in [6, 6.07) is 4.57. The summed E-state index contributed by atoms with van der Waals surface area (Å²) in [4.78, 5) is 7.74. The first kappa shape index (κ1) is 18.6. The van der Waals surface area contributed by atoms with Gasteiger partial charge < -0.3 is 10.2 Å². The number of nitrogens with zero attached hydrogens (tertiary/aromatic N) is 2. The molecule has 1 heterocycles. The van der Waals surface area contributed by atoms with Crippen LogP contribution in [0.1, 0.15) is 43.9 Å². The van der Waals surface area contributed by atoms with Crippen molar-refractivity contribution < 1.29 is 0 Å². The maximum Gasteiger partial charge on any atom is 0.0328 e. The second-order valence-corrected chi connectivity index (χ2v) is 8.30. The molecule has 3 nitrogen and oxygen atoms in total. The normalized spacial score (nSPS) is 12.6. The Kier molecular flexibility index (Phi) is 7.88. The monoisotopic (exact) mass is 311 g/mol. The van der Waals surface area contributed by atoms with Gasteiger partial charge in [-0.2, -0.15) is 0 Å². The number of nitrogens with one attached hydrogen (secondary N) is 1. The maximum atomic E-state index is 3.56. The van der Waals surface area contributed by atoms with Crippen molar-refractivity contribution in [1.82, 2.24) is 15.1 Å². The lowest BCUT2D eigenvalue weighted by Gasteiger charge is -2.23. The van der Waals surface area contributed by atoms with E-state index in [0.29, 0.717) is 0 Å². The molecule has 0 bridgehead atoms. The van der Waals surface area contributed by atoms with Gasteiger partial charge in [-0.05, 0) is 60.0 Å². The second-order valence-electron chi connectivity index (χ2n) is 7.05. The summed E-state index contributed by atoms with van der Waals surface area (Å²) in [5, 5.41) is 3.56. The van der Waals surface area contributed by atoms with Crippen LogP contribution in [0.5, 0.6) is 0 Å². The predicted molar refractivity (Wildman–Crippen MR) is 95.0 cm³/mol. The van der Waals surface area contributed by atoms with E-state index in [-0.39, 0.29) is 5.54 Å². The summed E-state index contributed by atoms with van der Waals surface area (Å²) in [5.41, 5.74) is 0.185. The van der Waals surface area contributed by atoms with Crippen molar-refractivity contribution in [3.05, 3.63) is 21.9 Å². The van der Waals surface area contributed by atoms with Crippen LogP contribution in [0, 0.1) is 0 Å². The fourth-order valence-corrected chi connectivity index (χ4v) is 3.10. The van der Waals surface area contributed by atoms with E-state index < -0.39 is 0 Å². The Labute approximate surface area is 135 Å². The van der Waals surface area contributed by atoms with E-state index in [9.17, 15) is 0 Å². The van der Waals surface area contributed by atoms with Gasteiger partial charge in [-0.3, -0.25) is 4.90 Å². The minimum absolute atomic E-state index is 0.185. The molecule has 0 fully saturated rings. The first-order valence-corrected chi connectivity index (χ1v) is 8.81. The van der Waals surface area contributed by atoms with Crippen molar-refractivity contribution in [3.8, 4) is 0 Å². The van der Waals surface area contributed by atoms with Gasteiger partial charge in [-0.25, -0.2) is 0 Å². The summed E-state index contributed by atoms with van der Waals surface area (Å²) in [5.74, 6) is 0. The van der Waals surface area contributed by atoms with E-state index in [1.165, 1.54) is 22.7 Å². The first-order valence-electron chi connectivity index (χ1n) is 8.00. The van der Waals surface area contributed by atoms with E-state index in [1.807, 2.05) is 11.3 Å². The molecule has 0 aliphatic heterocycles. The van der Waals surface area contributed by atoms with Gasteiger partial charge in [0, 0.05) is 41.5 Å². The maximum absolute atomic E-state index is 3.56. The molecule has 1 N–H and O–H groups in total. The molecule has 4 heteroatoms. The van der Waals surface area contributed by atoms with E-state index >= 15 is 0 Å². The van der Waals surface area contributed by atoms with Crippen LogP contribution in [-0.2, 0) is 13.1 Å². The summed E-state index contributed by atoms with van der Waals surface area (Å²) in [6.45, 7) is 14.4. The van der Waals surface area contributed by atoms with Crippen molar-refractivity contribution in [1.29, 1.82) is 0 Å². The van der Waals surface area contributed by atoms with Crippen molar-refractivity contribution >= 4 is 11.3 Å². The zero-order chi connectivity index (χ0) is 15.9. The van der Waals surface area contributed by atoms with Gasteiger partial charge in [0.15, 0.2) is 0 Å². The zero-order valence-corrected chi connectivity index (χ0v) is 15.5. The highest BCUT2D eigenvalue weighted by Gasteiger charge is 2.11. The van der Waals surface area contributed by atoms with Gasteiger partial charge in [-0.15, -0.1) is 11.3 Å². The van der Waals surface area contributed by atoms with Crippen LogP contribution < -0.4 is 5.32 Å². The van der Waals surface area contributed by atoms with Crippen molar-refractivity contribution in [2.75, 3.05) is 33.7 Å². The third-order valence-electron chi connectivity index (χ3n) is 3.29. The minimum Gasteiger partial charge on any atom is -0.308 e. The van der Waals surface area contributed by atoms with Gasteiger partial charge in [0.1, 0.15) is 0 Å². The van der Waals surface area contributed by atoms with Gasteiger partial charge >= 0.3 is 0 Å². The van der Waals surface area contributed by atoms with E-state index in [0.717, 1.165) is 26.2 Å². The Hall–Kier alpha value is -0.420. The van der Waals surface area contributed by atoms with Crippen molar-refractivity contribution in [2.45, 2.75) is 52.7 Å². The molecule has 0 saturated heterocycles. The topological polar surface area (TPSA) is 18.5 Å². The predicted octanol–water partition coefficient (Wildman–Crippen LogP) is 3.41. The Morgan fingerprint density at radius 3 is 2.29 bits per heavy atom. The molecule has 122 valence electrons. The highest BCUT2D eigenvalue weighted by Crippen LogP contribution is 2.19. The Bertz CT molecular complexity index is 393. The molecule has 1 rings (SSSR count). The molecule has 0 unspecified atom stereocenters. The second kappa shape index (κ2) is 8.89. The first-order chi connectivity index (χ1) is 9.80. The summed E-state index contributed by atoms with van der Waals surface area (Å²) >= 11 is 1.94. The number of rotatable bonds is 9. The molecular formula is C17H33N3S. The minimum atomic E-state index is 0.185. The molecule has 0 amide bonds. The van der Waals surface area contributed by atoms with Crippen LogP contribution in [0.4, 0.5) is 0 Å². The zero-order valence-electron chi connectivity index (χ0n) is 14.7. The molecule has 0 radical (unpaired) electrons. The SMILES string of the molecule is CCCN(CCN(C)C)Cc1ccc(CNC(C)(C)C)s1. The van der Waals surface area contributed by atoms with Crippen molar-refractivity contribution in [2.24, 2.45) is 0 Å². The highest BCUT2D eigenvalue weighted by molar-refractivity contribution is 7.11. The average Bonchev–Trinajstić information content (AvgIpc) is 2.81. The van der Waals surface area contributed by atoms with Crippen LogP contribution in [-0.4, -0.2) is 49.1 Å². The highest BCUT2D eigenvalue weighted by atomic mass is 32.1. The van der Waals surface area contributed by atoms with Gasteiger partial charge in [-0.1, -0.05) is 6.92 Å². The smallest absolute Gasteiger partial charge is 0.0328 e. The van der Waals surface area contributed by atoms with E-state index in [2.05, 4.69) is 69.0 Å². The molecular weight excluding hydrogens is 278 g/mol. The van der Waals surface area contributed by atoms with Gasteiger partial charge in [0.2, 0.25) is 0 Å².